The lowest BCUT2D eigenvalue weighted by atomic mass is 9.99. The van der Waals surface area contributed by atoms with Gasteiger partial charge in [0.25, 0.3) is 0 Å². The van der Waals surface area contributed by atoms with Crippen molar-refractivity contribution in [3.63, 3.8) is 0 Å². The van der Waals surface area contributed by atoms with Gasteiger partial charge in [-0.25, -0.2) is 0 Å². The van der Waals surface area contributed by atoms with Gasteiger partial charge in [-0.2, -0.15) is 0 Å². The number of hydrogen-bond acceptors (Lipinski definition) is 2. The van der Waals surface area contributed by atoms with Crippen LogP contribution in [0, 0.1) is 0 Å². The first kappa shape index (κ1) is 26.8. The number of rotatable bonds is 4. The maximum absolute atomic E-state index is 6.64. The molecule has 0 amide bonds. The van der Waals surface area contributed by atoms with Crippen LogP contribution >= 0.6 is 0 Å². The predicted molar refractivity (Wildman–Crippen MR) is 204 cm³/mol. The predicted octanol–water partition coefficient (Wildman–Crippen LogP) is 13.3. The molecule has 2 heteroatoms. The van der Waals surface area contributed by atoms with Crippen LogP contribution in [0.5, 0.6) is 0 Å². The zero-order valence-electron chi connectivity index (χ0n) is 26.1. The highest BCUT2D eigenvalue weighted by atomic mass is 16.3. The first-order chi connectivity index (χ1) is 23.8. The van der Waals surface area contributed by atoms with E-state index in [9.17, 15) is 0 Å². The van der Waals surface area contributed by atoms with Gasteiger partial charge in [0.05, 0.1) is 11.1 Å². The van der Waals surface area contributed by atoms with Crippen molar-refractivity contribution in [1.82, 2.24) is 0 Å². The van der Waals surface area contributed by atoms with Gasteiger partial charge in [0.1, 0.15) is 11.2 Å². The van der Waals surface area contributed by atoms with E-state index in [1.807, 2.05) is 0 Å². The van der Waals surface area contributed by atoms with Crippen LogP contribution in [0.15, 0.2) is 180 Å². The maximum Gasteiger partial charge on any atom is 0.143 e. The molecule has 1 aromatic heterocycles. The second kappa shape index (κ2) is 10.6. The molecule has 10 aromatic rings. The highest BCUT2D eigenvalue weighted by molar-refractivity contribution is 6.20. The molecule has 0 saturated carbocycles. The van der Waals surface area contributed by atoms with Crippen molar-refractivity contribution in [3.8, 4) is 11.1 Å². The average molecular weight is 612 g/mol. The van der Waals surface area contributed by atoms with Crippen molar-refractivity contribution in [2.24, 2.45) is 0 Å². The monoisotopic (exact) mass is 611 g/mol. The highest BCUT2D eigenvalue weighted by Crippen LogP contribution is 2.45. The minimum absolute atomic E-state index is 0.878. The average Bonchev–Trinajstić information content (AvgIpc) is 3.55. The van der Waals surface area contributed by atoms with Crippen LogP contribution < -0.4 is 4.90 Å². The molecule has 0 spiro atoms. The van der Waals surface area contributed by atoms with E-state index in [2.05, 4.69) is 181 Å². The van der Waals surface area contributed by atoms with Crippen molar-refractivity contribution < 1.29 is 4.42 Å². The van der Waals surface area contributed by atoms with E-state index in [4.69, 9.17) is 4.42 Å². The second-order valence-electron chi connectivity index (χ2n) is 12.6. The Labute approximate surface area is 277 Å². The SMILES string of the molecule is c1ccc2cc(-c3ccc(N(c4ccc5ccc6ccccc6c5c4)c4cccc5oc6c7ccccc7ccc6c45)cc3)ccc2c1. The summed E-state index contributed by atoms with van der Waals surface area (Å²) < 4.78 is 6.64. The first-order valence-corrected chi connectivity index (χ1v) is 16.4. The lowest BCUT2D eigenvalue weighted by Gasteiger charge is -2.27. The normalized spacial score (nSPS) is 11.8. The Morgan fingerprint density at radius 1 is 0.354 bits per heavy atom. The van der Waals surface area contributed by atoms with Gasteiger partial charge in [-0.3, -0.25) is 0 Å². The summed E-state index contributed by atoms with van der Waals surface area (Å²) >= 11 is 0. The fourth-order valence-corrected chi connectivity index (χ4v) is 7.45. The van der Waals surface area contributed by atoms with E-state index < -0.39 is 0 Å². The number of fused-ring (bicyclic) bond motifs is 9. The lowest BCUT2D eigenvalue weighted by Crippen LogP contribution is -2.10. The van der Waals surface area contributed by atoms with Crippen LogP contribution in [0.2, 0.25) is 0 Å². The van der Waals surface area contributed by atoms with Crippen molar-refractivity contribution >= 4 is 82.1 Å². The van der Waals surface area contributed by atoms with Crippen LogP contribution in [0.3, 0.4) is 0 Å². The summed E-state index contributed by atoms with van der Waals surface area (Å²) in [5.41, 5.74) is 7.46. The third kappa shape index (κ3) is 4.20. The van der Waals surface area contributed by atoms with Gasteiger partial charge in [0.2, 0.25) is 0 Å². The van der Waals surface area contributed by atoms with E-state index in [0.29, 0.717) is 0 Å². The fraction of sp³-hybridized carbons (Fsp3) is 0. The number of hydrogen-bond donors (Lipinski definition) is 0. The largest absolute Gasteiger partial charge is 0.455 e. The van der Waals surface area contributed by atoms with Gasteiger partial charge in [0.15, 0.2) is 0 Å². The number of benzene rings is 9. The van der Waals surface area contributed by atoms with E-state index in [-0.39, 0.29) is 0 Å². The van der Waals surface area contributed by atoms with Gasteiger partial charge in [0, 0.05) is 22.1 Å². The summed E-state index contributed by atoms with van der Waals surface area (Å²) in [5, 5.41) is 12.0. The quantitative estimate of drug-likeness (QED) is 0.184. The Morgan fingerprint density at radius 3 is 1.79 bits per heavy atom. The molecular weight excluding hydrogens is 583 g/mol. The van der Waals surface area contributed by atoms with E-state index >= 15 is 0 Å². The first-order valence-electron chi connectivity index (χ1n) is 16.4. The molecule has 0 aliphatic heterocycles. The van der Waals surface area contributed by atoms with Crippen molar-refractivity contribution in [2.75, 3.05) is 4.90 Å². The zero-order chi connectivity index (χ0) is 31.6. The molecule has 224 valence electrons. The van der Waals surface area contributed by atoms with Gasteiger partial charge < -0.3 is 9.32 Å². The van der Waals surface area contributed by atoms with Gasteiger partial charge >= 0.3 is 0 Å². The van der Waals surface area contributed by atoms with Gasteiger partial charge in [-0.15, -0.1) is 0 Å². The molecule has 1 heterocycles. The van der Waals surface area contributed by atoms with Crippen molar-refractivity contribution in [3.05, 3.63) is 176 Å². The molecule has 0 saturated heterocycles. The molecule has 0 unspecified atom stereocenters. The summed E-state index contributed by atoms with van der Waals surface area (Å²) in [6.07, 6.45) is 0. The molecule has 9 aromatic carbocycles. The Bertz CT molecular complexity index is 2840. The van der Waals surface area contributed by atoms with Crippen LogP contribution in [-0.4, -0.2) is 0 Å². The molecule has 0 atom stereocenters. The summed E-state index contributed by atoms with van der Waals surface area (Å²) in [5.74, 6) is 0. The molecular formula is C46H29NO. The van der Waals surface area contributed by atoms with Gasteiger partial charge in [-0.05, 0) is 97.4 Å². The van der Waals surface area contributed by atoms with Crippen LogP contribution in [-0.2, 0) is 0 Å². The second-order valence-corrected chi connectivity index (χ2v) is 12.6. The molecule has 0 bridgehead atoms. The third-order valence-electron chi connectivity index (χ3n) is 9.80. The molecule has 10 rings (SSSR count). The van der Waals surface area contributed by atoms with Crippen LogP contribution in [0.4, 0.5) is 17.1 Å². The highest BCUT2D eigenvalue weighted by Gasteiger charge is 2.21. The number of nitrogens with zero attached hydrogens (tertiary/aromatic N) is 1. The number of anilines is 3. The minimum atomic E-state index is 0.878. The third-order valence-corrected chi connectivity index (χ3v) is 9.80. The van der Waals surface area contributed by atoms with E-state index in [1.165, 1.54) is 48.8 Å². The van der Waals surface area contributed by atoms with E-state index in [1.54, 1.807) is 0 Å². The minimum Gasteiger partial charge on any atom is -0.455 e. The smallest absolute Gasteiger partial charge is 0.143 e. The Morgan fingerprint density at radius 2 is 0.958 bits per heavy atom. The molecule has 0 aliphatic rings. The molecule has 0 radical (unpaired) electrons. The van der Waals surface area contributed by atoms with Crippen LogP contribution in [0.1, 0.15) is 0 Å². The van der Waals surface area contributed by atoms with Crippen LogP contribution in [0.25, 0.3) is 76.2 Å². The maximum atomic E-state index is 6.64. The number of furan rings is 1. The summed E-state index contributed by atoms with van der Waals surface area (Å²) in [7, 11) is 0. The summed E-state index contributed by atoms with van der Waals surface area (Å²) in [4.78, 5) is 2.39. The van der Waals surface area contributed by atoms with Gasteiger partial charge in [-0.1, -0.05) is 127 Å². The topological polar surface area (TPSA) is 16.4 Å². The van der Waals surface area contributed by atoms with Crippen molar-refractivity contribution in [1.29, 1.82) is 0 Å². The molecule has 2 nitrogen and oxygen atoms in total. The Balaban J connectivity index is 1.21. The molecule has 0 aliphatic carbocycles. The standard InChI is InChI=1S/C46H29NO/c1-2-11-35-28-36(19-16-30(35)8-1)31-20-24-37(25-21-31)47(38-26-22-34-18-17-32-9-3-5-12-39(32)42(34)29-38)43-14-7-15-44-45(43)41-27-23-33-10-4-6-13-40(33)46(41)48-44/h1-29H. The summed E-state index contributed by atoms with van der Waals surface area (Å²) in [6, 6.07) is 63.4. The molecule has 48 heavy (non-hydrogen) atoms. The molecule has 0 N–H and O–H groups in total. The summed E-state index contributed by atoms with van der Waals surface area (Å²) in [6.45, 7) is 0. The zero-order valence-corrected chi connectivity index (χ0v) is 26.1. The lowest BCUT2D eigenvalue weighted by molar-refractivity contribution is 0.672. The molecule has 0 fully saturated rings. The Hall–Kier alpha value is -6.38. The Kier molecular flexibility index (Phi) is 5.91. The fourth-order valence-electron chi connectivity index (χ4n) is 7.45. The van der Waals surface area contributed by atoms with E-state index in [0.717, 1.165) is 44.4 Å². The van der Waals surface area contributed by atoms with Crippen molar-refractivity contribution in [2.45, 2.75) is 0 Å².